The summed E-state index contributed by atoms with van der Waals surface area (Å²) >= 11 is 5.96. The maximum absolute atomic E-state index is 14.6. The SMILES string of the molecule is CCc1c(CO)c(=O)n(-c2cc(C(=O)OC(C)C)c(Cl)cc2F)c(=O)n1CC. The molecule has 2 aromatic rings. The fourth-order valence-electron chi connectivity index (χ4n) is 2.99. The van der Waals surface area contributed by atoms with Crippen LogP contribution in [0.5, 0.6) is 0 Å². The number of aliphatic hydroxyl groups is 1. The van der Waals surface area contributed by atoms with Gasteiger partial charge in [0, 0.05) is 12.2 Å². The van der Waals surface area contributed by atoms with E-state index in [2.05, 4.69) is 0 Å². The molecule has 0 aliphatic rings. The van der Waals surface area contributed by atoms with Crippen LogP contribution in [0.15, 0.2) is 21.7 Å². The maximum atomic E-state index is 14.6. The molecule has 0 aliphatic carbocycles. The van der Waals surface area contributed by atoms with Crippen molar-refractivity contribution in [2.24, 2.45) is 0 Å². The molecule has 0 unspecified atom stereocenters. The number of aromatic nitrogens is 2. The molecule has 1 heterocycles. The monoisotopic (exact) mass is 412 g/mol. The Morgan fingerprint density at radius 1 is 1.29 bits per heavy atom. The van der Waals surface area contributed by atoms with Gasteiger partial charge in [-0.25, -0.2) is 18.5 Å². The second-order valence-electron chi connectivity index (χ2n) is 6.34. The first-order chi connectivity index (χ1) is 13.2. The number of rotatable bonds is 6. The summed E-state index contributed by atoms with van der Waals surface area (Å²) in [5, 5.41) is 9.45. The minimum absolute atomic E-state index is 0.00962. The highest BCUT2D eigenvalue weighted by molar-refractivity contribution is 6.33. The van der Waals surface area contributed by atoms with E-state index in [1.807, 2.05) is 0 Å². The average molecular weight is 413 g/mol. The van der Waals surface area contributed by atoms with Crippen LogP contribution in [0.1, 0.15) is 49.3 Å². The lowest BCUT2D eigenvalue weighted by atomic mass is 10.1. The zero-order chi connectivity index (χ0) is 21.2. The number of hydrogen-bond acceptors (Lipinski definition) is 5. The number of ether oxygens (including phenoxy) is 1. The second-order valence-corrected chi connectivity index (χ2v) is 6.75. The van der Waals surface area contributed by atoms with Crippen LogP contribution in [0.2, 0.25) is 5.02 Å². The van der Waals surface area contributed by atoms with Crippen LogP contribution in [0.4, 0.5) is 4.39 Å². The summed E-state index contributed by atoms with van der Waals surface area (Å²) < 4.78 is 21.6. The molecule has 0 saturated heterocycles. The molecule has 7 nitrogen and oxygen atoms in total. The van der Waals surface area contributed by atoms with Crippen molar-refractivity contribution in [1.29, 1.82) is 0 Å². The summed E-state index contributed by atoms with van der Waals surface area (Å²) in [6, 6.07) is 1.86. The molecule has 1 aromatic heterocycles. The number of nitrogens with zero attached hydrogens (tertiary/aromatic N) is 2. The van der Waals surface area contributed by atoms with Gasteiger partial charge >= 0.3 is 11.7 Å². The molecule has 2 rings (SSSR count). The van der Waals surface area contributed by atoms with Crippen LogP contribution < -0.4 is 11.2 Å². The minimum atomic E-state index is -0.957. The molecular weight excluding hydrogens is 391 g/mol. The van der Waals surface area contributed by atoms with E-state index in [1.165, 1.54) is 4.57 Å². The van der Waals surface area contributed by atoms with E-state index in [9.17, 15) is 23.9 Å². The zero-order valence-electron chi connectivity index (χ0n) is 16.1. The first-order valence-electron chi connectivity index (χ1n) is 8.86. The van der Waals surface area contributed by atoms with E-state index in [0.29, 0.717) is 16.7 Å². The lowest BCUT2D eigenvalue weighted by Gasteiger charge is -2.18. The van der Waals surface area contributed by atoms with E-state index < -0.39 is 41.4 Å². The summed E-state index contributed by atoms with van der Waals surface area (Å²) in [4.78, 5) is 38.0. The Kier molecular flexibility index (Phi) is 6.79. The number of carbonyl (C=O) groups is 1. The third kappa shape index (κ3) is 3.88. The van der Waals surface area contributed by atoms with Crippen LogP contribution in [0.3, 0.4) is 0 Å². The van der Waals surface area contributed by atoms with Gasteiger partial charge in [-0.05, 0) is 39.3 Å². The van der Waals surface area contributed by atoms with Gasteiger partial charge in [0.15, 0.2) is 0 Å². The van der Waals surface area contributed by atoms with E-state index >= 15 is 0 Å². The summed E-state index contributed by atoms with van der Waals surface area (Å²) in [6.45, 7) is 6.31. The number of aliphatic hydroxyl groups excluding tert-OH is 1. The Morgan fingerprint density at radius 2 is 1.93 bits per heavy atom. The Labute approximate surface area is 165 Å². The summed E-state index contributed by atoms with van der Waals surface area (Å²) in [5.74, 6) is -1.77. The predicted molar refractivity (Wildman–Crippen MR) is 103 cm³/mol. The van der Waals surface area contributed by atoms with Crippen molar-refractivity contribution in [2.45, 2.75) is 53.4 Å². The van der Waals surface area contributed by atoms with Crippen molar-refractivity contribution < 1.29 is 19.0 Å². The van der Waals surface area contributed by atoms with Crippen LogP contribution in [0, 0.1) is 5.82 Å². The van der Waals surface area contributed by atoms with Gasteiger partial charge in [0.25, 0.3) is 5.56 Å². The van der Waals surface area contributed by atoms with Crippen molar-refractivity contribution in [3.8, 4) is 5.69 Å². The molecule has 1 N–H and O–H groups in total. The van der Waals surface area contributed by atoms with E-state index in [1.54, 1.807) is 27.7 Å². The molecular formula is C19H22ClFN2O5. The molecule has 0 aliphatic heterocycles. The first-order valence-corrected chi connectivity index (χ1v) is 9.24. The van der Waals surface area contributed by atoms with E-state index in [-0.39, 0.29) is 22.7 Å². The zero-order valence-corrected chi connectivity index (χ0v) is 16.8. The Bertz CT molecular complexity index is 987. The fraction of sp³-hybridized carbons (Fsp3) is 0.421. The van der Waals surface area contributed by atoms with Crippen molar-refractivity contribution in [2.75, 3.05) is 0 Å². The third-order valence-electron chi connectivity index (χ3n) is 4.21. The van der Waals surface area contributed by atoms with Crippen molar-refractivity contribution in [3.63, 3.8) is 0 Å². The molecule has 0 fully saturated rings. The molecule has 0 atom stereocenters. The highest BCUT2D eigenvalue weighted by Gasteiger charge is 2.23. The van der Waals surface area contributed by atoms with Gasteiger partial charge < -0.3 is 9.84 Å². The van der Waals surface area contributed by atoms with Gasteiger partial charge in [-0.2, -0.15) is 0 Å². The van der Waals surface area contributed by atoms with Crippen LogP contribution in [-0.2, 0) is 24.3 Å². The number of hydrogen-bond donors (Lipinski definition) is 1. The Balaban J connectivity index is 2.87. The molecule has 0 saturated carbocycles. The first kappa shape index (κ1) is 21.8. The summed E-state index contributed by atoms with van der Waals surface area (Å²) in [7, 11) is 0. The molecule has 1 aromatic carbocycles. The average Bonchev–Trinajstić information content (AvgIpc) is 2.62. The normalized spacial score (nSPS) is 11.1. The number of halogens is 2. The van der Waals surface area contributed by atoms with Crippen molar-refractivity contribution in [1.82, 2.24) is 9.13 Å². The highest BCUT2D eigenvalue weighted by atomic mass is 35.5. The molecule has 9 heteroatoms. The van der Waals surface area contributed by atoms with Gasteiger partial charge in [0.1, 0.15) is 5.82 Å². The van der Waals surface area contributed by atoms with Crippen LogP contribution in [0.25, 0.3) is 5.69 Å². The molecule has 152 valence electrons. The standard InChI is InChI=1S/C19H22ClFN2O5/c1-5-15-12(9-24)17(25)23(19(27)22(15)6-2)16-7-11(13(20)8-14(16)21)18(26)28-10(3)4/h7-8,10,24H,5-6,9H2,1-4H3. The smallest absolute Gasteiger partial charge is 0.339 e. The topological polar surface area (TPSA) is 90.5 Å². The Hall–Kier alpha value is -2.45. The summed E-state index contributed by atoms with van der Waals surface area (Å²) in [6.07, 6.45) is -0.105. The number of benzene rings is 1. The van der Waals surface area contributed by atoms with Crippen LogP contribution >= 0.6 is 11.6 Å². The predicted octanol–water partition coefficient (Wildman–Crippen LogP) is 2.43. The van der Waals surface area contributed by atoms with E-state index in [4.69, 9.17) is 16.3 Å². The molecule has 0 radical (unpaired) electrons. The fourth-order valence-corrected chi connectivity index (χ4v) is 3.22. The van der Waals surface area contributed by atoms with Gasteiger partial charge in [0.05, 0.1) is 34.5 Å². The third-order valence-corrected chi connectivity index (χ3v) is 4.52. The van der Waals surface area contributed by atoms with Crippen molar-refractivity contribution in [3.05, 3.63) is 60.6 Å². The maximum Gasteiger partial charge on any atom is 0.339 e. The Morgan fingerprint density at radius 3 is 2.43 bits per heavy atom. The summed E-state index contributed by atoms with van der Waals surface area (Å²) in [5.41, 5.74) is -1.86. The van der Waals surface area contributed by atoms with Gasteiger partial charge in [0.2, 0.25) is 0 Å². The van der Waals surface area contributed by atoms with E-state index in [0.717, 1.165) is 12.1 Å². The molecule has 0 spiro atoms. The lowest BCUT2D eigenvalue weighted by Crippen LogP contribution is -2.43. The number of esters is 1. The van der Waals surface area contributed by atoms with Crippen molar-refractivity contribution >= 4 is 17.6 Å². The lowest BCUT2D eigenvalue weighted by molar-refractivity contribution is 0.0378. The molecule has 28 heavy (non-hydrogen) atoms. The molecule has 0 bridgehead atoms. The van der Waals surface area contributed by atoms with Gasteiger partial charge in [-0.15, -0.1) is 0 Å². The van der Waals surface area contributed by atoms with Crippen LogP contribution in [-0.4, -0.2) is 26.3 Å². The number of carbonyl (C=O) groups excluding carboxylic acids is 1. The minimum Gasteiger partial charge on any atom is -0.459 e. The molecule has 0 amide bonds. The van der Waals surface area contributed by atoms with Gasteiger partial charge in [-0.1, -0.05) is 18.5 Å². The largest absolute Gasteiger partial charge is 0.459 e. The van der Waals surface area contributed by atoms with Gasteiger partial charge in [-0.3, -0.25) is 9.36 Å². The highest BCUT2D eigenvalue weighted by Crippen LogP contribution is 2.24. The second kappa shape index (κ2) is 8.70. The quantitative estimate of drug-likeness (QED) is 0.736.